The van der Waals surface area contributed by atoms with Crippen LogP contribution in [0.3, 0.4) is 0 Å². The van der Waals surface area contributed by atoms with E-state index in [0.717, 1.165) is 32.3 Å². The molecule has 3 fully saturated rings. The molecule has 4 atom stereocenters. The minimum atomic E-state index is -0.690. The highest BCUT2D eigenvalue weighted by molar-refractivity contribution is 5.99. The Bertz CT molecular complexity index is 449. The lowest BCUT2D eigenvalue weighted by Crippen LogP contribution is -2.70. The molecule has 3 rings (SSSR count). The van der Waals surface area contributed by atoms with Crippen molar-refractivity contribution in [3.8, 4) is 0 Å². The minimum absolute atomic E-state index is 0.0176. The maximum atomic E-state index is 12.9. The van der Waals surface area contributed by atoms with Crippen molar-refractivity contribution < 1.29 is 14.3 Å². The van der Waals surface area contributed by atoms with Crippen molar-refractivity contribution in [3.05, 3.63) is 0 Å². The van der Waals surface area contributed by atoms with Gasteiger partial charge in [-0.1, -0.05) is 6.92 Å². The van der Waals surface area contributed by atoms with Crippen molar-refractivity contribution in [3.63, 3.8) is 0 Å². The molecule has 2 saturated heterocycles. The lowest BCUT2D eigenvalue weighted by Gasteiger charge is -2.44. The second kappa shape index (κ2) is 5.27. The highest BCUT2D eigenvalue weighted by Crippen LogP contribution is 2.42. The van der Waals surface area contributed by atoms with Crippen LogP contribution in [-0.2, 0) is 14.3 Å². The largest absolute Gasteiger partial charge is 0.378 e. The summed E-state index contributed by atoms with van der Waals surface area (Å²) in [5, 5.41) is 2.97. The number of hydrogen-bond acceptors (Lipinski definition) is 3. The van der Waals surface area contributed by atoms with Gasteiger partial charge in [0.05, 0.1) is 6.10 Å². The van der Waals surface area contributed by atoms with Gasteiger partial charge in [-0.2, -0.15) is 0 Å². The lowest BCUT2D eigenvalue weighted by molar-refractivity contribution is -0.155. The molecule has 2 aliphatic heterocycles. The number of nitrogens with one attached hydrogen (secondary N) is 1. The van der Waals surface area contributed by atoms with Crippen molar-refractivity contribution in [1.29, 1.82) is 0 Å². The van der Waals surface area contributed by atoms with Crippen molar-refractivity contribution >= 4 is 11.8 Å². The third kappa shape index (κ3) is 2.45. The standard InChI is InChI=1S/C16H26N2O3/c1-4-13-11(7-8-21-13)9-18-10(2)14(19)17-16(3,15(18)20)12-5-6-12/h10-13H,4-9H2,1-3H3,(H,17,19). The number of carbonyl (C=O) groups is 2. The molecule has 2 amide bonds. The summed E-state index contributed by atoms with van der Waals surface area (Å²) in [6.07, 6.45) is 4.25. The molecule has 0 bridgehead atoms. The molecule has 5 heteroatoms. The molecular weight excluding hydrogens is 268 g/mol. The second-order valence-electron chi connectivity index (χ2n) is 6.97. The number of piperazine rings is 1. The number of nitrogens with zero attached hydrogens (tertiary/aromatic N) is 1. The molecule has 0 aromatic rings. The second-order valence-corrected chi connectivity index (χ2v) is 6.97. The highest BCUT2D eigenvalue weighted by atomic mass is 16.5. The number of rotatable bonds is 4. The number of hydrogen-bond donors (Lipinski definition) is 1. The summed E-state index contributed by atoms with van der Waals surface area (Å²) in [4.78, 5) is 27.0. The smallest absolute Gasteiger partial charge is 0.249 e. The van der Waals surface area contributed by atoms with Crippen molar-refractivity contribution in [2.75, 3.05) is 13.2 Å². The van der Waals surface area contributed by atoms with Crippen LogP contribution in [-0.4, -0.2) is 47.6 Å². The molecule has 1 N–H and O–H groups in total. The van der Waals surface area contributed by atoms with Gasteiger partial charge in [0.25, 0.3) is 0 Å². The summed E-state index contributed by atoms with van der Waals surface area (Å²) in [7, 11) is 0. The molecule has 0 spiro atoms. The van der Waals surface area contributed by atoms with Crippen LogP contribution in [0.4, 0.5) is 0 Å². The Morgan fingerprint density at radius 3 is 2.67 bits per heavy atom. The Morgan fingerprint density at radius 2 is 2.05 bits per heavy atom. The number of carbonyl (C=O) groups excluding carboxylic acids is 2. The van der Waals surface area contributed by atoms with Gasteiger partial charge in [-0.25, -0.2) is 0 Å². The van der Waals surface area contributed by atoms with Gasteiger partial charge in [-0.3, -0.25) is 9.59 Å². The molecule has 1 aliphatic carbocycles. The quantitative estimate of drug-likeness (QED) is 0.850. The number of amides is 2. The van der Waals surface area contributed by atoms with Gasteiger partial charge in [0.15, 0.2) is 0 Å². The molecular formula is C16H26N2O3. The first-order valence-electron chi connectivity index (χ1n) is 8.22. The lowest BCUT2D eigenvalue weighted by atomic mass is 9.88. The van der Waals surface area contributed by atoms with Crippen molar-refractivity contribution in [2.24, 2.45) is 11.8 Å². The van der Waals surface area contributed by atoms with Gasteiger partial charge in [-0.05, 0) is 45.4 Å². The Morgan fingerprint density at radius 1 is 1.33 bits per heavy atom. The van der Waals surface area contributed by atoms with Crippen LogP contribution < -0.4 is 5.32 Å². The van der Waals surface area contributed by atoms with Crippen molar-refractivity contribution in [2.45, 2.75) is 64.1 Å². The summed E-state index contributed by atoms with van der Waals surface area (Å²) in [6.45, 7) is 7.26. The predicted molar refractivity (Wildman–Crippen MR) is 78.6 cm³/mol. The molecule has 5 nitrogen and oxygen atoms in total. The van der Waals surface area contributed by atoms with E-state index >= 15 is 0 Å². The van der Waals surface area contributed by atoms with E-state index in [1.54, 1.807) is 4.90 Å². The van der Waals surface area contributed by atoms with E-state index in [1.807, 2.05) is 13.8 Å². The minimum Gasteiger partial charge on any atom is -0.378 e. The number of ether oxygens (including phenoxy) is 1. The molecule has 2 heterocycles. The molecule has 118 valence electrons. The van der Waals surface area contributed by atoms with E-state index in [9.17, 15) is 9.59 Å². The summed E-state index contributed by atoms with van der Waals surface area (Å²) in [5.74, 6) is 0.747. The fraction of sp³-hybridized carbons (Fsp3) is 0.875. The molecule has 0 aromatic heterocycles. The maximum absolute atomic E-state index is 12.9. The first-order chi connectivity index (χ1) is 9.97. The molecule has 0 aromatic carbocycles. The molecule has 21 heavy (non-hydrogen) atoms. The van der Waals surface area contributed by atoms with Gasteiger partial charge in [0.1, 0.15) is 11.6 Å². The Balaban J connectivity index is 1.78. The topological polar surface area (TPSA) is 58.6 Å². The molecule has 3 aliphatic rings. The predicted octanol–water partition coefficient (Wildman–Crippen LogP) is 1.32. The van der Waals surface area contributed by atoms with Gasteiger partial charge >= 0.3 is 0 Å². The van der Waals surface area contributed by atoms with Gasteiger partial charge in [-0.15, -0.1) is 0 Å². The van der Waals surface area contributed by atoms with Gasteiger partial charge in [0.2, 0.25) is 11.8 Å². The van der Waals surface area contributed by atoms with Crippen LogP contribution in [0.5, 0.6) is 0 Å². The Kier molecular flexibility index (Phi) is 3.72. The van der Waals surface area contributed by atoms with E-state index in [-0.39, 0.29) is 24.0 Å². The zero-order chi connectivity index (χ0) is 15.2. The average molecular weight is 294 g/mol. The monoisotopic (exact) mass is 294 g/mol. The summed E-state index contributed by atoms with van der Waals surface area (Å²) >= 11 is 0. The highest BCUT2D eigenvalue weighted by Gasteiger charge is 2.54. The summed E-state index contributed by atoms with van der Waals surface area (Å²) < 4.78 is 5.73. The van der Waals surface area contributed by atoms with Crippen LogP contribution in [0.1, 0.15) is 46.5 Å². The SMILES string of the molecule is CCC1OCCC1CN1C(=O)C(C)(C2CC2)NC(=O)C1C. The van der Waals surface area contributed by atoms with E-state index in [1.165, 1.54) is 0 Å². The fourth-order valence-corrected chi connectivity index (χ4v) is 3.81. The third-order valence-corrected chi connectivity index (χ3v) is 5.51. The van der Waals surface area contributed by atoms with Gasteiger partial charge in [0, 0.05) is 19.1 Å². The maximum Gasteiger partial charge on any atom is 0.249 e. The van der Waals surface area contributed by atoms with Crippen molar-refractivity contribution in [1.82, 2.24) is 10.2 Å². The van der Waals surface area contributed by atoms with Crippen LogP contribution in [0, 0.1) is 11.8 Å². The first-order valence-corrected chi connectivity index (χ1v) is 8.22. The summed E-state index contributed by atoms with van der Waals surface area (Å²) in [5.41, 5.74) is -0.690. The zero-order valence-electron chi connectivity index (χ0n) is 13.2. The van der Waals surface area contributed by atoms with Crippen LogP contribution in [0.15, 0.2) is 0 Å². The van der Waals surface area contributed by atoms with E-state index in [4.69, 9.17) is 4.74 Å². The molecule has 1 saturated carbocycles. The van der Waals surface area contributed by atoms with Crippen LogP contribution >= 0.6 is 0 Å². The normalized spacial score (nSPS) is 40.5. The third-order valence-electron chi connectivity index (χ3n) is 5.51. The Hall–Kier alpha value is -1.10. The van der Waals surface area contributed by atoms with Crippen LogP contribution in [0.2, 0.25) is 0 Å². The molecule has 0 radical (unpaired) electrons. The Labute approximate surface area is 126 Å². The molecule has 4 unspecified atom stereocenters. The first kappa shape index (κ1) is 14.8. The van der Waals surface area contributed by atoms with E-state index in [0.29, 0.717) is 18.4 Å². The van der Waals surface area contributed by atoms with E-state index in [2.05, 4.69) is 12.2 Å². The zero-order valence-corrected chi connectivity index (χ0v) is 13.2. The fourth-order valence-electron chi connectivity index (χ4n) is 3.81. The average Bonchev–Trinajstić information content (AvgIpc) is 3.22. The van der Waals surface area contributed by atoms with Crippen LogP contribution in [0.25, 0.3) is 0 Å². The summed E-state index contributed by atoms with van der Waals surface area (Å²) in [6, 6.07) is -0.373. The van der Waals surface area contributed by atoms with E-state index < -0.39 is 5.54 Å². The van der Waals surface area contributed by atoms with Gasteiger partial charge < -0.3 is 15.0 Å².